The minimum atomic E-state index is -0.996. The number of amides is 1. The maximum Gasteiger partial charge on any atom is 0.305 e. The van der Waals surface area contributed by atoms with Crippen LogP contribution in [-0.2, 0) is 27.3 Å². The number of aromatic nitrogens is 4. The van der Waals surface area contributed by atoms with E-state index in [4.69, 9.17) is 10.2 Å². The topological polar surface area (TPSA) is 147 Å². The molecule has 0 aliphatic rings. The van der Waals surface area contributed by atoms with Crippen LogP contribution in [0.5, 0.6) is 0 Å². The smallest absolute Gasteiger partial charge is 0.305 e. The predicted octanol–water partition coefficient (Wildman–Crippen LogP) is -1.33. The normalized spacial score (nSPS) is 10.2. The molecule has 0 saturated carbocycles. The van der Waals surface area contributed by atoms with Gasteiger partial charge in [0.05, 0.1) is 12.8 Å². The number of rotatable bonds is 9. The molecule has 1 aromatic rings. The van der Waals surface area contributed by atoms with E-state index in [-0.39, 0.29) is 31.7 Å². The van der Waals surface area contributed by atoms with E-state index in [1.165, 1.54) is 4.68 Å². The molecule has 1 heterocycles. The monoisotopic (exact) mass is 285 g/mol. The molecule has 0 fully saturated rings. The molecular formula is C10H15N5O5. The second kappa shape index (κ2) is 7.81. The Morgan fingerprint density at radius 3 is 2.50 bits per heavy atom. The highest BCUT2D eigenvalue weighted by molar-refractivity contribution is 5.78. The van der Waals surface area contributed by atoms with Crippen molar-refractivity contribution in [2.45, 2.75) is 32.2 Å². The zero-order chi connectivity index (χ0) is 15.0. The molecule has 0 bridgehead atoms. The Labute approximate surface area is 113 Å². The van der Waals surface area contributed by atoms with Crippen LogP contribution in [0.1, 0.15) is 25.1 Å². The minimum Gasteiger partial charge on any atom is -0.481 e. The Kier molecular flexibility index (Phi) is 6.07. The molecular weight excluding hydrogens is 270 g/mol. The van der Waals surface area contributed by atoms with Crippen LogP contribution < -0.4 is 5.32 Å². The summed E-state index contributed by atoms with van der Waals surface area (Å²) in [5.74, 6) is -1.99. The molecule has 10 heteroatoms. The van der Waals surface area contributed by atoms with Gasteiger partial charge in [-0.2, -0.15) is 0 Å². The molecule has 0 aliphatic heterocycles. The number of carbonyl (C=O) groups is 3. The number of nitrogens with one attached hydrogen (secondary N) is 1. The van der Waals surface area contributed by atoms with Gasteiger partial charge in [0.2, 0.25) is 5.91 Å². The maximum absolute atomic E-state index is 11.5. The number of hydrogen-bond donors (Lipinski definition) is 3. The van der Waals surface area contributed by atoms with Crippen molar-refractivity contribution in [3.63, 3.8) is 0 Å². The van der Waals surface area contributed by atoms with Crippen LogP contribution in [-0.4, -0.2) is 54.8 Å². The van der Waals surface area contributed by atoms with Gasteiger partial charge in [0.1, 0.15) is 0 Å². The summed E-state index contributed by atoms with van der Waals surface area (Å²) in [7, 11) is 0. The van der Waals surface area contributed by atoms with E-state index >= 15 is 0 Å². The first-order valence-electron chi connectivity index (χ1n) is 5.94. The van der Waals surface area contributed by atoms with E-state index in [1.54, 1.807) is 0 Å². The Morgan fingerprint density at radius 2 is 1.85 bits per heavy atom. The maximum atomic E-state index is 11.5. The minimum absolute atomic E-state index is 0.00981. The number of nitrogens with zero attached hydrogens (tertiary/aromatic N) is 4. The van der Waals surface area contributed by atoms with Gasteiger partial charge in [-0.1, -0.05) is 0 Å². The number of aliphatic carboxylic acids is 2. The summed E-state index contributed by atoms with van der Waals surface area (Å²) in [6.45, 7) is 0.339. The van der Waals surface area contributed by atoms with Crippen molar-refractivity contribution < 1.29 is 24.6 Å². The third-order valence-corrected chi connectivity index (χ3v) is 2.35. The highest BCUT2D eigenvalue weighted by Gasteiger charge is 2.11. The molecule has 0 unspecified atom stereocenters. The van der Waals surface area contributed by atoms with Crippen molar-refractivity contribution >= 4 is 17.8 Å². The summed E-state index contributed by atoms with van der Waals surface area (Å²) in [6, 6.07) is 0. The number of aryl methyl sites for hydroxylation is 1. The predicted molar refractivity (Wildman–Crippen MR) is 63.7 cm³/mol. The second-order valence-corrected chi connectivity index (χ2v) is 3.99. The molecule has 0 radical (unpaired) electrons. The molecule has 0 spiro atoms. The lowest BCUT2D eigenvalue weighted by molar-refractivity contribution is -0.138. The Morgan fingerprint density at radius 1 is 1.15 bits per heavy atom. The van der Waals surface area contributed by atoms with Gasteiger partial charge in [-0.3, -0.25) is 14.4 Å². The molecule has 0 atom stereocenters. The Bertz CT molecular complexity index is 486. The van der Waals surface area contributed by atoms with E-state index < -0.39 is 11.9 Å². The molecule has 0 saturated heterocycles. The third-order valence-electron chi connectivity index (χ3n) is 2.35. The first-order valence-corrected chi connectivity index (χ1v) is 5.94. The van der Waals surface area contributed by atoms with Gasteiger partial charge in [-0.15, -0.1) is 5.10 Å². The van der Waals surface area contributed by atoms with Gasteiger partial charge in [0.25, 0.3) is 0 Å². The Hall–Kier alpha value is -2.52. The average Bonchev–Trinajstić information content (AvgIpc) is 2.75. The van der Waals surface area contributed by atoms with Crippen LogP contribution in [0, 0.1) is 0 Å². The molecule has 1 amide bonds. The van der Waals surface area contributed by atoms with Crippen molar-refractivity contribution in [3.05, 3.63) is 5.82 Å². The van der Waals surface area contributed by atoms with Crippen LogP contribution in [0.3, 0.4) is 0 Å². The zero-order valence-electron chi connectivity index (χ0n) is 10.7. The highest BCUT2D eigenvalue weighted by Crippen LogP contribution is 1.98. The second-order valence-electron chi connectivity index (χ2n) is 3.99. The summed E-state index contributed by atoms with van der Waals surface area (Å²) in [4.78, 5) is 32.2. The standard InChI is InChI=1S/C10H15N5O5/c16-8(11-4-3-10(19)20)6-7-12-13-14-15(7)5-1-2-9(17)18/h1-6H2,(H,11,16)(H,17,18)(H,19,20). The van der Waals surface area contributed by atoms with E-state index in [2.05, 4.69) is 20.8 Å². The molecule has 0 aliphatic carbocycles. The summed E-state index contributed by atoms with van der Waals surface area (Å²) in [5.41, 5.74) is 0. The summed E-state index contributed by atoms with van der Waals surface area (Å²) in [6.07, 6.45) is 0.104. The molecule has 20 heavy (non-hydrogen) atoms. The molecule has 0 aromatic carbocycles. The van der Waals surface area contributed by atoms with Crippen LogP contribution in [0.4, 0.5) is 0 Å². The first kappa shape index (κ1) is 15.5. The molecule has 1 rings (SSSR count). The largest absolute Gasteiger partial charge is 0.481 e. The molecule has 10 nitrogen and oxygen atoms in total. The summed E-state index contributed by atoms with van der Waals surface area (Å²) >= 11 is 0. The number of hydrogen-bond acceptors (Lipinski definition) is 6. The van der Waals surface area contributed by atoms with E-state index in [9.17, 15) is 14.4 Å². The summed E-state index contributed by atoms with van der Waals surface area (Å²) < 4.78 is 1.36. The van der Waals surface area contributed by atoms with Gasteiger partial charge >= 0.3 is 11.9 Å². The van der Waals surface area contributed by atoms with Crippen molar-refractivity contribution in [3.8, 4) is 0 Å². The van der Waals surface area contributed by atoms with Crippen molar-refractivity contribution in [2.24, 2.45) is 0 Å². The third kappa shape index (κ3) is 5.89. The molecule has 3 N–H and O–H groups in total. The van der Waals surface area contributed by atoms with Gasteiger partial charge in [0, 0.05) is 19.5 Å². The van der Waals surface area contributed by atoms with Gasteiger partial charge in [0.15, 0.2) is 5.82 Å². The first-order chi connectivity index (χ1) is 9.49. The van der Waals surface area contributed by atoms with Crippen molar-refractivity contribution in [1.29, 1.82) is 0 Å². The van der Waals surface area contributed by atoms with E-state index in [1.807, 2.05) is 0 Å². The van der Waals surface area contributed by atoms with Gasteiger partial charge < -0.3 is 15.5 Å². The lowest BCUT2D eigenvalue weighted by Crippen LogP contribution is -2.28. The van der Waals surface area contributed by atoms with Crippen molar-refractivity contribution in [2.75, 3.05) is 6.54 Å². The number of carboxylic acids is 2. The quantitative estimate of drug-likeness (QED) is 0.505. The molecule has 110 valence electrons. The number of tetrazole rings is 1. The highest BCUT2D eigenvalue weighted by atomic mass is 16.4. The van der Waals surface area contributed by atoms with Gasteiger partial charge in [-0.05, 0) is 16.8 Å². The lowest BCUT2D eigenvalue weighted by Gasteiger charge is -2.04. The SMILES string of the molecule is O=C(O)CCCn1nnnc1CC(=O)NCCC(=O)O. The van der Waals surface area contributed by atoms with E-state index in [0.717, 1.165) is 0 Å². The van der Waals surface area contributed by atoms with E-state index in [0.29, 0.717) is 18.8 Å². The zero-order valence-corrected chi connectivity index (χ0v) is 10.7. The molecule has 1 aromatic heterocycles. The lowest BCUT2D eigenvalue weighted by atomic mass is 10.3. The van der Waals surface area contributed by atoms with Gasteiger partial charge in [-0.25, -0.2) is 4.68 Å². The number of carbonyl (C=O) groups excluding carboxylic acids is 1. The Balaban J connectivity index is 2.39. The average molecular weight is 285 g/mol. The fourth-order valence-electron chi connectivity index (χ4n) is 1.42. The van der Waals surface area contributed by atoms with Crippen LogP contribution in [0.25, 0.3) is 0 Å². The van der Waals surface area contributed by atoms with Crippen LogP contribution >= 0.6 is 0 Å². The number of carboxylic acid groups (broad SMARTS) is 2. The fourth-order valence-corrected chi connectivity index (χ4v) is 1.42. The summed E-state index contributed by atoms with van der Waals surface area (Å²) in [5, 5.41) is 30.2. The fraction of sp³-hybridized carbons (Fsp3) is 0.600. The van der Waals surface area contributed by atoms with Crippen LogP contribution in [0.2, 0.25) is 0 Å². The van der Waals surface area contributed by atoms with Crippen molar-refractivity contribution in [1.82, 2.24) is 25.5 Å². The van der Waals surface area contributed by atoms with Crippen LogP contribution in [0.15, 0.2) is 0 Å².